The SMILES string of the molecule is Cc1ccc2nc(SCC(=N)N)[nH]c2c1. The van der Waals surface area contributed by atoms with Gasteiger partial charge in [0, 0.05) is 0 Å². The van der Waals surface area contributed by atoms with Gasteiger partial charge >= 0.3 is 0 Å². The number of thioether (sulfide) groups is 1. The summed E-state index contributed by atoms with van der Waals surface area (Å²) in [6.45, 7) is 2.04. The maximum absolute atomic E-state index is 7.13. The van der Waals surface area contributed by atoms with Gasteiger partial charge in [0.05, 0.1) is 16.8 Å². The Labute approximate surface area is 91.8 Å². The van der Waals surface area contributed by atoms with Gasteiger partial charge in [0.15, 0.2) is 5.16 Å². The monoisotopic (exact) mass is 220 g/mol. The Bertz CT molecular complexity index is 503. The fourth-order valence-electron chi connectivity index (χ4n) is 1.31. The summed E-state index contributed by atoms with van der Waals surface area (Å²) in [5.41, 5.74) is 8.46. The van der Waals surface area contributed by atoms with Crippen molar-refractivity contribution in [1.82, 2.24) is 9.97 Å². The van der Waals surface area contributed by atoms with E-state index >= 15 is 0 Å². The molecule has 0 fully saturated rings. The van der Waals surface area contributed by atoms with Crippen molar-refractivity contribution < 1.29 is 0 Å². The fraction of sp³-hybridized carbons (Fsp3) is 0.200. The number of hydrogen-bond acceptors (Lipinski definition) is 3. The van der Waals surface area contributed by atoms with E-state index in [0.717, 1.165) is 16.2 Å². The molecule has 1 aromatic carbocycles. The lowest BCUT2D eigenvalue weighted by atomic mass is 10.2. The van der Waals surface area contributed by atoms with Gasteiger partial charge in [0.25, 0.3) is 0 Å². The number of imidazole rings is 1. The van der Waals surface area contributed by atoms with Crippen LogP contribution in [0.2, 0.25) is 0 Å². The van der Waals surface area contributed by atoms with Crippen LogP contribution in [0.3, 0.4) is 0 Å². The molecule has 0 bridgehead atoms. The van der Waals surface area contributed by atoms with Crippen LogP contribution in [-0.4, -0.2) is 21.6 Å². The average Bonchev–Trinajstić information content (AvgIpc) is 2.56. The number of nitrogens with zero attached hydrogens (tertiary/aromatic N) is 1. The minimum absolute atomic E-state index is 0.164. The van der Waals surface area contributed by atoms with Crippen molar-refractivity contribution in [3.63, 3.8) is 0 Å². The molecular formula is C10H12N4S. The molecule has 0 aliphatic heterocycles. The van der Waals surface area contributed by atoms with Gasteiger partial charge < -0.3 is 10.7 Å². The van der Waals surface area contributed by atoms with Crippen LogP contribution in [0.25, 0.3) is 11.0 Å². The Morgan fingerprint density at radius 3 is 3.13 bits per heavy atom. The molecule has 0 saturated carbocycles. The van der Waals surface area contributed by atoms with Crippen LogP contribution in [0.5, 0.6) is 0 Å². The van der Waals surface area contributed by atoms with Crippen LogP contribution >= 0.6 is 11.8 Å². The molecule has 0 spiro atoms. The summed E-state index contributed by atoms with van der Waals surface area (Å²) < 4.78 is 0. The smallest absolute Gasteiger partial charge is 0.166 e. The van der Waals surface area contributed by atoms with Gasteiger partial charge in [0.1, 0.15) is 5.84 Å². The molecule has 0 amide bonds. The molecule has 78 valence electrons. The summed E-state index contributed by atoms with van der Waals surface area (Å²) in [6.07, 6.45) is 0. The number of rotatable bonds is 3. The largest absolute Gasteiger partial charge is 0.387 e. The molecule has 1 aromatic heterocycles. The molecule has 2 aromatic rings. The van der Waals surface area contributed by atoms with E-state index in [-0.39, 0.29) is 5.84 Å². The second kappa shape index (κ2) is 3.94. The molecule has 0 aliphatic carbocycles. The molecule has 2 rings (SSSR count). The molecule has 0 aliphatic rings. The van der Waals surface area contributed by atoms with Crippen LogP contribution < -0.4 is 5.73 Å². The average molecular weight is 220 g/mol. The molecule has 0 saturated heterocycles. The zero-order valence-corrected chi connectivity index (χ0v) is 9.19. The van der Waals surface area contributed by atoms with Gasteiger partial charge in [-0.25, -0.2) is 4.98 Å². The van der Waals surface area contributed by atoms with Crippen molar-refractivity contribution in [3.05, 3.63) is 23.8 Å². The minimum Gasteiger partial charge on any atom is -0.387 e. The number of fused-ring (bicyclic) bond motifs is 1. The molecule has 0 atom stereocenters. The zero-order chi connectivity index (χ0) is 10.8. The predicted molar refractivity (Wildman–Crippen MR) is 63.5 cm³/mol. The maximum Gasteiger partial charge on any atom is 0.166 e. The van der Waals surface area contributed by atoms with Crippen molar-refractivity contribution in [2.75, 3.05) is 5.75 Å². The van der Waals surface area contributed by atoms with E-state index in [2.05, 4.69) is 16.0 Å². The Hall–Kier alpha value is -1.49. The maximum atomic E-state index is 7.13. The lowest BCUT2D eigenvalue weighted by Gasteiger charge is -1.93. The van der Waals surface area contributed by atoms with E-state index in [0.29, 0.717) is 5.75 Å². The van der Waals surface area contributed by atoms with E-state index in [1.54, 1.807) is 0 Å². The van der Waals surface area contributed by atoms with E-state index in [9.17, 15) is 0 Å². The third-order valence-corrected chi connectivity index (χ3v) is 2.90. The first-order valence-corrected chi connectivity index (χ1v) is 5.56. The van der Waals surface area contributed by atoms with Crippen LogP contribution in [0.15, 0.2) is 23.4 Å². The lowest BCUT2D eigenvalue weighted by Crippen LogP contribution is -2.12. The molecule has 5 heteroatoms. The van der Waals surface area contributed by atoms with Crippen LogP contribution in [0.1, 0.15) is 5.56 Å². The third kappa shape index (κ3) is 2.30. The molecule has 4 nitrogen and oxygen atoms in total. The summed E-state index contributed by atoms with van der Waals surface area (Å²) in [5.74, 6) is 0.635. The first kappa shape index (κ1) is 10.0. The first-order chi connectivity index (χ1) is 7.15. The number of aromatic amines is 1. The number of amidine groups is 1. The van der Waals surface area contributed by atoms with Gasteiger partial charge in [-0.15, -0.1) is 0 Å². The van der Waals surface area contributed by atoms with E-state index in [1.807, 2.05) is 19.1 Å². The Morgan fingerprint density at radius 2 is 2.40 bits per heavy atom. The van der Waals surface area contributed by atoms with E-state index in [4.69, 9.17) is 11.1 Å². The van der Waals surface area contributed by atoms with Crippen molar-refractivity contribution in [2.24, 2.45) is 5.73 Å². The number of aryl methyl sites for hydroxylation is 1. The van der Waals surface area contributed by atoms with Crippen molar-refractivity contribution in [3.8, 4) is 0 Å². The van der Waals surface area contributed by atoms with Gasteiger partial charge in [-0.2, -0.15) is 0 Å². The van der Waals surface area contributed by atoms with Crippen LogP contribution in [-0.2, 0) is 0 Å². The van der Waals surface area contributed by atoms with Gasteiger partial charge in [-0.1, -0.05) is 17.8 Å². The number of H-pyrrole nitrogens is 1. The van der Waals surface area contributed by atoms with Crippen LogP contribution in [0.4, 0.5) is 0 Å². The minimum atomic E-state index is 0.164. The second-order valence-corrected chi connectivity index (χ2v) is 4.34. The summed E-state index contributed by atoms with van der Waals surface area (Å²) in [7, 11) is 0. The summed E-state index contributed by atoms with van der Waals surface area (Å²) >= 11 is 1.44. The lowest BCUT2D eigenvalue weighted by molar-refractivity contribution is 1.08. The summed E-state index contributed by atoms with van der Waals surface area (Å²) in [6, 6.07) is 6.07. The van der Waals surface area contributed by atoms with E-state index in [1.165, 1.54) is 17.3 Å². The highest BCUT2D eigenvalue weighted by atomic mass is 32.2. The van der Waals surface area contributed by atoms with Crippen molar-refractivity contribution in [1.29, 1.82) is 5.41 Å². The molecular weight excluding hydrogens is 208 g/mol. The topological polar surface area (TPSA) is 78.6 Å². The number of aromatic nitrogens is 2. The van der Waals surface area contributed by atoms with E-state index < -0.39 is 0 Å². The quantitative estimate of drug-likeness (QED) is 0.420. The molecule has 0 radical (unpaired) electrons. The summed E-state index contributed by atoms with van der Waals surface area (Å²) in [4.78, 5) is 7.57. The number of hydrogen-bond donors (Lipinski definition) is 3. The molecule has 0 unspecified atom stereocenters. The standard InChI is InChI=1S/C10H12N4S/c1-6-2-3-7-8(4-6)14-10(13-7)15-5-9(11)12/h2-4H,5H2,1H3,(H3,11,12)(H,13,14). The molecule has 1 heterocycles. The normalized spacial score (nSPS) is 10.7. The Morgan fingerprint density at radius 1 is 1.60 bits per heavy atom. The predicted octanol–water partition coefficient (Wildman–Crippen LogP) is 1.90. The van der Waals surface area contributed by atoms with Crippen LogP contribution in [0, 0.1) is 12.3 Å². The van der Waals surface area contributed by atoms with Gasteiger partial charge in [-0.3, -0.25) is 5.41 Å². The number of nitrogens with two attached hydrogens (primary N) is 1. The second-order valence-electron chi connectivity index (χ2n) is 3.38. The first-order valence-electron chi connectivity index (χ1n) is 4.57. The molecule has 4 N–H and O–H groups in total. The number of benzene rings is 1. The van der Waals surface area contributed by atoms with Gasteiger partial charge in [-0.05, 0) is 24.6 Å². The molecule has 15 heavy (non-hydrogen) atoms. The van der Waals surface area contributed by atoms with Crippen molar-refractivity contribution in [2.45, 2.75) is 12.1 Å². The fourth-order valence-corrected chi connectivity index (χ4v) is 1.95. The summed E-state index contributed by atoms with van der Waals surface area (Å²) in [5, 5.41) is 7.94. The zero-order valence-electron chi connectivity index (χ0n) is 8.37. The Kier molecular flexibility index (Phi) is 2.64. The Balaban J connectivity index is 2.27. The third-order valence-electron chi connectivity index (χ3n) is 1.98. The van der Waals surface area contributed by atoms with Crippen molar-refractivity contribution >= 4 is 28.6 Å². The van der Waals surface area contributed by atoms with Gasteiger partial charge in [0.2, 0.25) is 0 Å². The number of nitrogens with one attached hydrogen (secondary N) is 2. The highest BCUT2D eigenvalue weighted by molar-refractivity contribution is 7.99. The highest BCUT2D eigenvalue weighted by Crippen LogP contribution is 2.19. The highest BCUT2D eigenvalue weighted by Gasteiger charge is 2.03.